The van der Waals surface area contributed by atoms with Gasteiger partial charge in [0.25, 0.3) is 0 Å². The molecule has 0 radical (unpaired) electrons. The minimum atomic E-state index is -0.218. The molecule has 3 nitrogen and oxygen atoms in total. The molecule has 0 fully saturated rings. The first-order chi connectivity index (χ1) is 11.1. The van der Waals surface area contributed by atoms with Gasteiger partial charge in [-0.15, -0.1) is 0 Å². The van der Waals surface area contributed by atoms with Crippen molar-refractivity contribution in [2.45, 2.75) is 20.0 Å². The molecule has 122 valence electrons. The van der Waals surface area contributed by atoms with Gasteiger partial charge in [-0.2, -0.15) is 0 Å². The summed E-state index contributed by atoms with van der Waals surface area (Å²) >= 11 is 0. The molecule has 0 saturated heterocycles. The standard InChI is InChI=1S/C19H22FNO2/c1-14(2)13-23-19-10-16(7-8-18(19)22-3)12-21-11-15-5-4-6-17(20)9-15/h4-10,21H,1,11-13H2,2-3H3. The zero-order chi connectivity index (χ0) is 16.7. The van der Waals surface area contributed by atoms with E-state index in [0.29, 0.717) is 31.2 Å². The molecule has 2 aromatic carbocycles. The van der Waals surface area contributed by atoms with Crippen LogP contribution in [0.3, 0.4) is 0 Å². The second kappa shape index (κ2) is 8.34. The Morgan fingerprint density at radius 3 is 2.48 bits per heavy atom. The summed E-state index contributed by atoms with van der Waals surface area (Å²) in [6.45, 7) is 7.46. The molecule has 2 aromatic rings. The van der Waals surface area contributed by atoms with Crippen molar-refractivity contribution in [3.8, 4) is 11.5 Å². The van der Waals surface area contributed by atoms with E-state index in [-0.39, 0.29) is 5.82 Å². The molecule has 0 saturated carbocycles. The maximum atomic E-state index is 13.1. The number of hydrogen-bond donors (Lipinski definition) is 1. The Kier molecular flexibility index (Phi) is 6.18. The number of hydrogen-bond acceptors (Lipinski definition) is 3. The van der Waals surface area contributed by atoms with Crippen molar-refractivity contribution in [1.29, 1.82) is 0 Å². The quantitative estimate of drug-likeness (QED) is 0.745. The van der Waals surface area contributed by atoms with Crippen LogP contribution in [-0.4, -0.2) is 13.7 Å². The Balaban J connectivity index is 1.96. The molecule has 0 bridgehead atoms. The van der Waals surface area contributed by atoms with Gasteiger partial charge in [0.05, 0.1) is 7.11 Å². The first kappa shape index (κ1) is 17.0. The van der Waals surface area contributed by atoms with Crippen LogP contribution < -0.4 is 14.8 Å². The molecule has 4 heteroatoms. The number of rotatable bonds is 8. The highest BCUT2D eigenvalue weighted by Crippen LogP contribution is 2.28. The predicted molar refractivity (Wildman–Crippen MR) is 90.2 cm³/mol. The summed E-state index contributed by atoms with van der Waals surface area (Å²) in [5, 5.41) is 3.29. The number of ether oxygens (including phenoxy) is 2. The van der Waals surface area contributed by atoms with Crippen LogP contribution in [0.1, 0.15) is 18.1 Å². The first-order valence-corrected chi connectivity index (χ1v) is 7.47. The normalized spacial score (nSPS) is 10.4. The molecule has 0 amide bonds. The van der Waals surface area contributed by atoms with E-state index in [1.54, 1.807) is 13.2 Å². The average Bonchev–Trinajstić information content (AvgIpc) is 2.53. The van der Waals surface area contributed by atoms with Crippen LogP contribution in [0.5, 0.6) is 11.5 Å². The van der Waals surface area contributed by atoms with Crippen LogP contribution in [0.2, 0.25) is 0 Å². The highest BCUT2D eigenvalue weighted by atomic mass is 19.1. The average molecular weight is 315 g/mol. The Morgan fingerprint density at radius 2 is 1.83 bits per heavy atom. The summed E-state index contributed by atoms with van der Waals surface area (Å²) < 4.78 is 24.1. The van der Waals surface area contributed by atoms with E-state index in [9.17, 15) is 4.39 Å². The van der Waals surface area contributed by atoms with Gasteiger partial charge in [0, 0.05) is 13.1 Å². The first-order valence-electron chi connectivity index (χ1n) is 7.47. The van der Waals surface area contributed by atoms with Crippen molar-refractivity contribution in [1.82, 2.24) is 5.32 Å². The van der Waals surface area contributed by atoms with Crippen molar-refractivity contribution in [2.24, 2.45) is 0 Å². The molecular weight excluding hydrogens is 293 g/mol. The highest BCUT2D eigenvalue weighted by molar-refractivity contribution is 5.43. The zero-order valence-electron chi connectivity index (χ0n) is 13.6. The fourth-order valence-corrected chi connectivity index (χ4v) is 2.14. The van der Waals surface area contributed by atoms with Crippen LogP contribution in [0.15, 0.2) is 54.6 Å². The van der Waals surface area contributed by atoms with Crippen molar-refractivity contribution in [2.75, 3.05) is 13.7 Å². The third kappa shape index (κ3) is 5.42. The summed E-state index contributed by atoms with van der Waals surface area (Å²) in [6.07, 6.45) is 0. The SMILES string of the molecule is C=C(C)COc1cc(CNCc2cccc(F)c2)ccc1OC. The fourth-order valence-electron chi connectivity index (χ4n) is 2.14. The van der Waals surface area contributed by atoms with E-state index < -0.39 is 0 Å². The topological polar surface area (TPSA) is 30.5 Å². The second-order valence-electron chi connectivity index (χ2n) is 5.46. The van der Waals surface area contributed by atoms with Gasteiger partial charge in [-0.05, 0) is 47.9 Å². The summed E-state index contributed by atoms with van der Waals surface area (Å²) in [5.74, 6) is 1.17. The Labute approximate surface area is 136 Å². The van der Waals surface area contributed by atoms with E-state index in [1.165, 1.54) is 12.1 Å². The van der Waals surface area contributed by atoms with Gasteiger partial charge in [-0.1, -0.05) is 24.8 Å². The largest absolute Gasteiger partial charge is 0.493 e. The molecule has 1 N–H and O–H groups in total. The molecule has 0 aromatic heterocycles. The summed E-state index contributed by atoms with van der Waals surface area (Å²) in [6, 6.07) is 12.4. The van der Waals surface area contributed by atoms with Crippen molar-refractivity contribution in [3.63, 3.8) is 0 Å². The number of benzene rings is 2. The molecule has 0 aliphatic heterocycles. The second-order valence-corrected chi connectivity index (χ2v) is 5.46. The van der Waals surface area contributed by atoms with Gasteiger partial charge in [-0.3, -0.25) is 0 Å². The Hall–Kier alpha value is -2.33. The minimum Gasteiger partial charge on any atom is -0.493 e. The Bertz CT molecular complexity index is 670. The number of nitrogens with one attached hydrogen (secondary N) is 1. The van der Waals surface area contributed by atoms with Crippen LogP contribution >= 0.6 is 0 Å². The lowest BCUT2D eigenvalue weighted by Crippen LogP contribution is -2.13. The van der Waals surface area contributed by atoms with Gasteiger partial charge in [0.2, 0.25) is 0 Å². The highest BCUT2D eigenvalue weighted by Gasteiger charge is 2.06. The third-order valence-corrected chi connectivity index (χ3v) is 3.25. The Morgan fingerprint density at radius 1 is 1.09 bits per heavy atom. The molecule has 0 aliphatic rings. The van der Waals surface area contributed by atoms with Crippen molar-refractivity contribution >= 4 is 0 Å². The van der Waals surface area contributed by atoms with Crippen molar-refractivity contribution in [3.05, 3.63) is 71.6 Å². The lowest BCUT2D eigenvalue weighted by atomic mass is 10.2. The van der Waals surface area contributed by atoms with Crippen LogP contribution in [0.25, 0.3) is 0 Å². The maximum absolute atomic E-state index is 13.1. The predicted octanol–water partition coefficient (Wildman–Crippen LogP) is 4.08. The summed E-state index contributed by atoms with van der Waals surface area (Å²) in [5.41, 5.74) is 2.93. The molecule has 0 aliphatic carbocycles. The van der Waals surface area contributed by atoms with Gasteiger partial charge in [0.1, 0.15) is 12.4 Å². The summed E-state index contributed by atoms with van der Waals surface area (Å²) in [4.78, 5) is 0. The van der Waals surface area contributed by atoms with E-state index in [4.69, 9.17) is 9.47 Å². The molecule has 23 heavy (non-hydrogen) atoms. The van der Waals surface area contributed by atoms with E-state index in [2.05, 4.69) is 11.9 Å². The maximum Gasteiger partial charge on any atom is 0.161 e. The van der Waals surface area contributed by atoms with E-state index in [0.717, 1.165) is 16.7 Å². The van der Waals surface area contributed by atoms with Crippen LogP contribution in [0.4, 0.5) is 4.39 Å². The fraction of sp³-hybridized carbons (Fsp3) is 0.263. The molecular formula is C19H22FNO2. The molecule has 0 spiro atoms. The zero-order valence-corrected chi connectivity index (χ0v) is 13.6. The van der Waals surface area contributed by atoms with Crippen molar-refractivity contribution < 1.29 is 13.9 Å². The van der Waals surface area contributed by atoms with Crippen LogP contribution in [0, 0.1) is 5.82 Å². The van der Waals surface area contributed by atoms with Gasteiger partial charge in [-0.25, -0.2) is 4.39 Å². The van der Waals surface area contributed by atoms with E-state index >= 15 is 0 Å². The molecule has 0 heterocycles. The molecule has 0 unspecified atom stereocenters. The van der Waals surface area contributed by atoms with Gasteiger partial charge < -0.3 is 14.8 Å². The van der Waals surface area contributed by atoms with E-state index in [1.807, 2.05) is 31.2 Å². The summed E-state index contributed by atoms with van der Waals surface area (Å²) in [7, 11) is 1.62. The third-order valence-electron chi connectivity index (χ3n) is 3.25. The minimum absolute atomic E-state index is 0.218. The lowest BCUT2D eigenvalue weighted by Gasteiger charge is -2.13. The number of methoxy groups -OCH3 is 1. The smallest absolute Gasteiger partial charge is 0.161 e. The molecule has 2 rings (SSSR count). The lowest BCUT2D eigenvalue weighted by molar-refractivity contribution is 0.319. The monoisotopic (exact) mass is 315 g/mol. The van der Waals surface area contributed by atoms with Gasteiger partial charge >= 0.3 is 0 Å². The number of halogens is 1. The van der Waals surface area contributed by atoms with Gasteiger partial charge in [0.15, 0.2) is 11.5 Å². The molecule has 0 atom stereocenters. The van der Waals surface area contributed by atoms with Crippen LogP contribution in [-0.2, 0) is 13.1 Å².